The lowest BCUT2D eigenvalue weighted by Crippen LogP contribution is -2.21. The molecule has 0 spiro atoms. The number of aryl methyl sites for hydroxylation is 1. The molecule has 1 aromatic heterocycles. The van der Waals surface area contributed by atoms with Crippen molar-refractivity contribution in [1.82, 2.24) is 9.78 Å². The molecule has 0 amide bonds. The van der Waals surface area contributed by atoms with Crippen LogP contribution in [0.25, 0.3) is 0 Å². The lowest BCUT2D eigenvalue weighted by atomic mass is 10.1. The smallest absolute Gasteiger partial charge is 0.266 e. The van der Waals surface area contributed by atoms with Crippen molar-refractivity contribution in [3.8, 4) is 0 Å². The zero-order valence-corrected chi connectivity index (χ0v) is 11.8. The molecule has 2 aromatic rings. The topological polar surface area (TPSA) is 52.0 Å². The van der Waals surface area contributed by atoms with Gasteiger partial charge in [-0.2, -0.15) is 5.10 Å². The highest BCUT2D eigenvalue weighted by molar-refractivity contribution is 9.10. The summed E-state index contributed by atoms with van der Waals surface area (Å²) in [5.41, 5.74) is 0.551. The second kappa shape index (κ2) is 6.43. The van der Waals surface area contributed by atoms with Gasteiger partial charge in [0.05, 0.1) is 0 Å². The summed E-state index contributed by atoms with van der Waals surface area (Å²) in [4.78, 5) is 23.3. The lowest BCUT2D eigenvalue weighted by Gasteiger charge is -2.03. The maximum atomic E-state index is 11.9. The maximum Gasteiger partial charge on any atom is 0.266 e. The van der Waals surface area contributed by atoms with E-state index >= 15 is 0 Å². The van der Waals surface area contributed by atoms with Gasteiger partial charge in [0.25, 0.3) is 5.56 Å². The fraction of sp³-hybridized carbons (Fsp3) is 0.214. The summed E-state index contributed by atoms with van der Waals surface area (Å²) in [7, 11) is 0. The quantitative estimate of drug-likeness (QED) is 0.796. The molecule has 0 aliphatic rings. The molecule has 0 fully saturated rings. The van der Waals surface area contributed by atoms with Gasteiger partial charge in [-0.15, -0.1) is 0 Å². The highest BCUT2D eigenvalue weighted by Crippen LogP contribution is 2.12. The number of halogens is 1. The Morgan fingerprint density at radius 3 is 2.63 bits per heavy atom. The molecule has 1 heterocycles. The third-order valence-electron chi connectivity index (χ3n) is 2.73. The number of Topliss-reactive ketones (excluding diaryl/α,β-unsaturated/α-hetero) is 1. The van der Waals surface area contributed by atoms with Crippen LogP contribution in [0.5, 0.6) is 0 Å². The molecule has 0 radical (unpaired) electrons. The Bertz CT molecular complexity index is 620. The van der Waals surface area contributed by atoms with E-state index in [1.54, 1.807) is 24.4 Å². The second-order valence-electron chi connectivity index (χ2n) is 4.12. The zero-order valence-electron chi connectivity index (χ0n) is 10.3. The first-order valence-electron chi connectivity index (χ1n) is 5.98. The first kappa shape index (κ1) is 13.7. The van der Waals surface area contributed by atoms with Crippen molar-refractivity contribution in [3.63, 3.8) is 0 Å². The Morgan fingerprint density at radius 2 is 1.95 bits per heavy atom. The molecule has 0 N–H and O–H groups in total. The molecule has 0 atom stereocenters. The first-order valence-corrected chi connectivity index (χ1v) is 6.77. The molecular formula is C14H13BrN2O2. The molecule has 0 saturated carbocycles. The Morgan fingerprint density at radius 1 is 1.21 bits per heavy atom. The highest BCUT2D eigenvalue weighted by Gasteiger charge is 2.05. The van der Waals surface area contributed by atoms with Crippen molar-refractivity contribution in [2.75, 3.05) is 0 Å². The summed E-state index contributed by atoms with van der Waals surface area (Å²) < 4.78 is 2.32. The summed E-state index contributed by atoms with van der Waals surface area (Å²) in [6.45, 7) is 0.460. The summed E-state index contributed by atoms with van der Waals surface area (Å²) in [5.74, 6) is 0.0801. The summed E-state index contributed by atoms with van der Waals surface area (Å²) in [6, 6.07) is 10.3. The average molecular weight is 321 g/mol. The van der Waals surface area contributed by atoms with Crippen molar-refractivity contribution >= 4 is 21.7 Å². The van der Waals surface area contributed by atoms with Crippen LogP contribution in [-0.2, 0) is 6.54 Å². The average Bonchev–Trinajstić information content (AvgIpc) is 2.41. The molecule has 98 valence electrons. The number of aromatic nitrogens is 2. The van der Waals surface area contributed by atoms with Gasteiger partial charge in [0, 0.05) is 35.3 Å². The van der Waals surface area contributed by atoms with Gasteiger partial charge in [0.15, 0.2) is 5.78 Å². The van der Waals surface area contributed by atoms with Crippen LogP contribution in [0, 0.1) is 0 Å². The van der Waals surface area contributed by atoms with E-state index < -0.39 is 0 Å². The summed E-state index contributed by atoms with van der Waals surface area (Å²) in [5, 5.41) is 3.95. The molecule has 1 aromatic carbocycles. The molecular weight excluding hydrogens is 308 g/mol. The molecule has 0 saturated heterocycles. The summed E-state index contributed by atoms with van der Waals surface area (Å²) in [6.07, 6.45) is 2.58. The van der Waals surface area contributed by atoms with Crippen LogP contribution >= 0.6 is 15.9 Å². The van der Waals surface area contributed by atoms with Crippen LogP contribution in [0.3, 0.4) is 0 Å². The van der Waals surface area contributed by atoms with Crippen molar-refractivity contribution in [2.24, 2.45) is 0 Å². The van der Waals surface area contributed by atoms with Crippen molar-refractivity contribution in [3.05, 3.63) is 63.0 Å². The van der Waals surface area contributed by atoms with E-state index in [2.05, 4.69) is 21.0 Å². The van der Waals surface area contributed by atoms with Crippen LogP contribution in [0.15, 0.2) is 51.9 Å². The van der Waals surface area contributed by atoms with E-state index in [9.17, 15) is 9.59 Å². The highest BCUT2D eigenvalue weighted by atomic mass is 79.9. The minimum Gasteiger partial charge on any atom is -0.294 e. The Hall–Kier alpha value is -1.75. The Kier molecular flexibility index (Phi) is 4.63. The first-order chi connectivity index (χ1) is 9.16. The number of carbonyl (C=O) groups is 1. The third kappa shape index (κ3) is 3.86. The van der Waals surface area contributed by atoms with Gasteiger partial charge in [-0.3, -0.25) is 9.59 Å². The molecule has 0 aliphatic carbocycles. The van der Waals surface area contributed by atoms with Gasteiger partial charge < -0.3 is 0 Å². The predicted octanol–water partition coefficient (Wildman–Crippen LogP) is 2.67. The van der Waals surface area contributed by atoms with Crippen molar-refractivity contribution < 1.29 is 4.79 Å². The van der Waals surface area contributed by atoms with E-state index in [1.165, 1.54) is 10.7 Å². The molecule has 4 nitrogen and oxygen atoms in total. The number of carbonyl (C=O) groups excluding carboxylic acids is 1. The van der Waals surface area contributed by atoms with E-state index in [0.29, 0.717) is 24.9 Å². The number of rotatable bonds is 5. The number of ketones is 1. The van der Waals surface area contributed by atoms with Gasteiger partial charge in [-0.25, -0.2) is 4.68 Å². The van der Waals surface area contributed by atoms with E-state index in [-0.39, 0.29) is 11.3 Å². The zero-order chi connectivity index (χ0) is 13.7. The molecule has 5 heteroatoms. The van der Waals surface area contributed by atoms with Gasteiger partial charge in [0.2, 0.25) is 0 Å². The minimum atomic E-state index is -0.140. The lowest BCUT2D eigenvalue weighted by molar-refractivity contribution is 0.0978. The fourth-order valence-electron chi connectivity index (χ4n) is 1.72. The maximum absolute atomic E-state index is 11.9. The number of benzene rings is 1. The van der Waals surface area contributed by atoms with Gasteiger partial charge in [-0.1, -0.05) is 28.1 Å². The monoisotopic (exact) mass is 320 g/mol. The van der Waals surface area contributed by atoms with E-state index in [1.807, 2.05) is 12.1 Å². The molecule has 0 unspecified atom stereocenters. The minimum absolute atomic E-state index is 0.0801. The van der Waals surface area contributed by atoms with Gasteiger partial charge in [0.1, 0.15) is 0 Å². The van der Waals surface area contributed by atoms with E-state index in [0.717, 1.165) is 4.47 Å². The third-order valence-corrected chi connectivity index (χ3v) is 3.25. The van der Waals surface area contributed by atoms with E-state index in [4.69, 9.17) is 0 Å². The Labute approximate surface area is 119 Å². The van der Waals surface area contributed by atoms with Crippen LogP contribution in [0.2, 0.25) is 0 Å². The molecule has 19 heavy (non-hydrogen) atoms. The SMILES string of the molecule is O=C(CCCn1ncccc1=O)c1ccc(Br)cc1. The van der Waals surface area contributed by atoms with Crippen molar-refractivity contribution in [1.29, 1.82) is 0 Å². The molecule has 0 bridgehead atoms. The van der Waals surface area contributed by atoms with Gasteiger partial charge >= 0.3 is 0 Å². The second-order valence-corrected chi connectivity index (χ2v) is 5.03. The Balaban J connectivity index is 1.89. The normalized spacial score (nSPS) is 10.4. The van der Waals surface area contributed by atoms with Crippen LogP contribution in [-0.4, -0.2) is 15.6 Å². The predicted molar refractivity (Wildman–Crippen MR) is 76.2 cm³/mol. The van der Waals surface area contributed by atoms with Crippen LogP contribution in [0.4, 0.5) is 0 Å². The number of hydrogen-bond acceptors (Lipinski definition) is 3. The standard InChI is InChI=1S/C14H13BrN2O2/c15-12-7-5-11(6-8-12)13(18)3-2-10-17-14(19)4-1-9-16-17/h1,4-9H,2-3,10H2. The summed E-state index contributed by atoms with van der Waals surface area (Å²) >= 11 is 3.33. The number of hydrogen-bond donors (Lipinski definition) is 0. The molecule has 0 aliphatic heterocycles. The van der Waals surface area contributed by atoms with Gasteiger partial charge in [-0.05, 0) is 24.6 Å². The fourth-order valence-corrected chi connectivity index (χ4v) is 1.99. The number of nitrogens with zero attached hydrogens (tertiary/aromatic N) is 2. The van der Waals surface area contributed by atoms with Crippen LogP contribution in [0.1, 0.15) is 23.2 Å². The van der Waals surface area contributed by atoms with Crippen LogP contribution < -0.4 is 5.56 Å². The largest absolute Gasteiger partial charge is 0.294 e. The molecule has 2 rings (SSSR count). The van der Waals surface area contributed by atoms with Crippen molar-refractivity contribution in [2.45, 2.75) is 19.4 Å².